The normalized spacial score (nSPS) is 12.9. The van der Waals surface area contributed by atoms with E-state index in [-0.39, 0.29) is 31.1 Å². The van der Waals surface area contributed by atoms with E-state index in [1.54, 1.807) is 0 Å². The summed E-state index contributed by atoms with van der Waals surface area (Å²) in [6.45, 7) is 6.53. The summed E-state index contributed by atoms with van der Waals surface area (Å²) in [7, 11) is 0. The fourth-order valence-electron chi connectivity index (χ4n) is 9.59. The number of ether oxygens (including phenoxy) is 3. The summed E-state index contributed by atoms with van der Waals surface area (Å²) in [6, 6.07) is 0. The lowest BCUT2D eigenvalue weighted by Crippen LogP contribution is -2.30. The number of esters is 3. The van der Waals surface area contributed by atoms with E-state index in [9.17, 15) is 14.4 Å². The highest BCUT2D eigenvalue weighted by Gasteiger charge is 2.19. The monoisotopic (exact) mass is 1140 g/mol. The minimum atomic E-state index is -0.788. The number of carbonyl (C=O) groups is 3. The minimum absolute atomic E-state index is 0.0827. The molecule has 6 heteroatoms. The van der Waals surface area contributed by atoms with Gasteiger partial charge in [-0.25, -0.2) is 0 Å². The molecule has 82 heavy (non-hydrogen) atoms. The summed E-state index contributed by atoms with van der Waals surface area (Å²) >= 11 is 0. The molecule has 1 unspecified atom stereocenters. The van der Waals surface area contributed by atoms with Gasteiger partial charge >= 0.3 is 17.9 Å². The first-order valence-corrected chi connectivity index (χ1v) is 34.5. The Morgan fingerprint density at radius 1 is 0.256 bits per heavy atom. The van der Waals surface area contributed by atoms with Crippen LogP contribution in [0.25, 0.3) is 0 Å². The Kier molecular flexibility index (Phi) is 65.8. The molecule has 0 N–H and O–H groups in total. The lowest BCUT2D eigenvalue weighted by Gasteiger charge is -2.18. The Labute approximate surface area is 507 Å². The van der Waals surface area contributed by atoms with Crippen molar-refractivity contribution in [3.63, 3.8) is 0 Å². The van der Waals surface area contributed by atoms with Crippen molar-refractivity contribution in [2.24, 2.45) is 0 Å². The van der Waals surface area contributed by atoms with E-state index in [2.05, 4.69) is 142 Å². The molecule has 0 spiro atoms. The van der Waals surface area contributed by atoms with Gasteiger partial charge in [-0.05, 0) is 96.3 Å². The van der Waals surface area contributed by atoms with Crippen molar-refractivity contribution >= 4 is 17.9 Å². The molecule has 6 nitrogen and oxygen atoms in total. The summed E-state index contributed by atoms with van der Waals surface area (Å²) in [6.07, 6.45) is 96.5. The van der Waals surface area contributed by atoms with Crippen LogP contribution in [0.15, 0.2) is 122 Å². The molecular formula is C76H128O6. The zero-order chi connectivity index (χ0) is 59.2. The van der Waals surface area contributed by atoms with Crippen LogP contribution >= 0.6 is 0 Å². The summed E-state index contributed by atoms with van der Waals surface area (Å²) in [5, 5.41) is 0. The van der Waals surface area contributed by atoms with Gasteiger partial charge in [0.25, 0.3) is 0 Å². The number of allylic oxidation sites excluding steroid dienone is 20. The van der Waals surface area contributed by atoms with Gasteiger partial charge in [0.1, 0.15) is 13.2 Å². The van der Waals surface area contributed by atoms with Crippen molar-refractivity contribution in [3.05, 3.63) is 122 Å². The molecule has 468 valence electrons. The van der Waals surface area contributed by atoms with Gasteiger partial charge in [0.2, 0.25) is 0 Å². The third-order valence-electron chi connectivity index (χ3n) is 14.7. The Hall–Kier alpha value is -4.19. The SMILES string of the molecule is CC/C=C\C/C=C\C/C=C\C/C=C\C/C=C\C/C=C\C/C=C\C/C=C\C/C=C\C/C=C\CCCCCCC(=O)OCC(COC(=O)CCCCCCCCCCCCCC)OC(=O)CCCCCCCCCCCCCCCCCCC. The standard InChI is InChI=1S/C76H128O6/c1-4-7-10-13-16-19-22-25-27-29-30-31-32-33-34-35-36-37-38-39-40-41-42-43-44-45-46-48-49-51-54-57-60-63-66-69-75(78)81-72-73(71-80-74(77)68-65-62-59-56-53-24-21-18-15-12-9-6-3)82-76(79)70-67-64-61-58-55-52-50-47-28-26-23-20-17-14-11-8-5-2/h7,10,16,19,25,27,30-31,33-34,36-37,39-40,42-43,45-46,49,51,73H,4-6,8-9,11-15,17-18,20-24,26,28-29,32,35,38,41,44,47-48,50,52-72H2,1-3H3/b10-7-,19-16-,27-25-,31-30-,34-33-,37-36-,40-39-,43-42-,46-45-,51-49-. The largest absolute Gasteiger partial charge is 0.462 e. The molecule has 0 saturated carbocycles. The highest BCUT2D eigenvalue weighted by Crippen LogP contribution is 2.17. The first kappa shape index (κ1) is 77.8. The smallest absolute Gasteiger partial charge is 0.306 e. The van der Waals surface area contributed by atoms with Crippen molar-refractivity contribution in [1.29, 1.82) is 0 Å². The summed E-state index contributed by atoms with van der Waals surface area (Å²) in [4.78, 5) is 38.3. The van der Waals surface area contributed by atoms with E-state index in [1.165, 1.54) is 148 Å². The summed E-state index contributed by atoms with van der Waals surface area (Å²) in [5.41, 5.74) is 0. The quantitative estimate of drug-likeness (QED) is 0.0261. The second-order valence-electron chi connectivity index (χ2n) is 22.7. The van der Waals surface area contributed by atoms with Gasteiger partial charge in [-0.15, -0.1) is 0 Å². The maximum absolute atomic E-state index is 12.9. The number of rotatable bonds is 62. The van der Waals surface area contributed by atoms with Gasteiger partial charge in [-0.1, -0.05) is 328 Å². The number of hydrogen-bond acceptors (Lipinski definition) is 6. The average molecular weight is 1140 g/mol. The molecule has 0 fully saturated rings. The maximum atomic E-state index is 12.9. The lowest BCUT2D eigenvalue weighted by molar-refractivity contribution is -0.167. The third kappa shape index (κ3) is 66.6. The van der Waals surface area contributed by atoms with Gasteiger partial charge in [0.15, 0.2) is 6.10 Å². The molecule has 0 aromatic carbocycles. The molecule has 0 aliphatic heterocycles. The fraction of sp³-hybridized carbons (Fsp3) is 0.697. The van der Waals surface area contributed by atoms with E-state index >= 15 is 0 Å². The molecule has 0 rings (SSSR count). The molecule has 0 aliphatic carbocycles. The van der Waals surface area contributed by atoms with Crippen LogP contribution in [-0.2, 0) is 28.6 Å². The van der Waals surface area contributed by atoms with Crippen molar-refractivity contribution in [3.8, 4) is 0 Å². The van der Waals surface area contributed by atoms with Crippen LogP contribution in [0.2, 0.25) is 0 Å². The second-order valence-corrected chi connectivity index (χ2v) is 22.7. The minimum Gasteiger partial charge on any atom is -0.462 e. The van der Waals surface area contributed by atoms with E-state index in [1.807, 2.05) is 0 Å². The molecular weight excluding hydrogens is 1010 g/mol. The molecule has 0 bridgehead atoms. The first-order valence-electron chi connectivity index (χ1n) is 34.5. The van der Waals surface area contributed by atoms with Gasteiger partial charge in [0, 0.05) is 19.3 Å². The second kappa shape index (κ2) is 69.3. The van der Waals surface area contributed by atoms with Crippen molar-refractivity contribution in [1.82, 2.24) is 0 Å². The Morgan fingerprint density at radius 2 is 0.476 bits per heavy atom. The third-order valence-corrected chi connectivity index (χ3v) is 14.7. The lowest BCUT2D eigenvalue weighted by atomic mass is 10.0. The van der Waals surface area contributed by atoms with Crippen LogP contribution in [0.3, 0.4) is 0 Å². The molecule has 0 radical (unpaired) electrons. The van der Waals surface area contributed by atoms with Gasteiger partial charge in [-0.3, -0.25) is 14.4 Å². The molecule has 0 aromatic heterocycles. The Bertz CT molecular complexity index is 1690. The first-order chi connectivity index (χ1) is 40.5. The Balaban J connectivity index is 4.29. The van der Waals surface area contributed by atoms with Crippen LogP contribution in [-0.4, -0.2) is 37.2 Å². The maximum Gasteiger partial charge on any atom is 0.306 e. The molecule has 0 amide bonds. The van der Waals surface area contributed by atoms with Crippen LogP contribution in [0, 0.1) is 0 Å². The summed E-state index contributed by atoms with van der Waals surface area (Å²) < 4.78 is 16.9. The topological polar surface area (TPSA) is 78.9 Å². The van der Waals surface area contributed by atoms with Crippen molar-refractivity contribution < 1.29 is 28.6 Å². The van der Waals surface area contributed by atoms with Gasteiger partial charge in [0.05, 0.1) is 0 Å². The molecule has 0 heterocycles. The predicted molar refractivity (Wildman–Crippen MR) is 357 cm³/mol. The molecule has 0 aliphatic rings. The van der Waals surface area contributed by atoms with Gasteiger partial charge < -0.3 is 14.2 Å². The number of unbranched alkanes of at least 4 members (excludes halogenated alkanes) is 31. The van der Waals surface area contributed by atoms with Crippen LogP contribution in [0.1, 0.15) is 323 Å². The average Bonchev–Trinajstić information content (AvgIpc) is 3.47. The molecule has 0 aromatic rings. The summed E-state index contributed by atoms with van der Waals surface area (Å²) in [5.74, 6) is -0.897. The fourth-order valence-corrected chi connectivity index (χ4v) is 9.59. The molecule has 1 atom stereocenters. The van der Waals surface area contributed by atoms with Crippen LogP contribution < -0.4 is 0 Å². The Morgan fingerprint density at radius 3 is 0.744 bits per heavy atom. The van der Waals surface area contributed by atoms with Crippen LogP contribution in [0.4, 0.5) is 0 Å². The van der Waals surface area contributed by atoms with E-state index in [4.69, 9.17) is 14.2 Å². The van der Waals surface area contributed by atoms with Crippen LogP contribution in [0.5, 0.6) is 0 Å². The number of hydrogen-bond donors (Lipinski definition) is 0. The highest BCUT2D eigenvalue weighted by atomic mass is 16.6. The predicted octanol–water partition coefficient (Wildman–Crippen LogP) is 23.9. The molecule has 0 saturated heterocycles. The van der Waals surface area contributed by atoms with E-state index in [0.29, 0.717) is 19.3 Å². The highest BCUT2D eigenvalue weighted by molar-refractivity contribution is 5.71. The van der Waals surface area contributed by atoms with Gasteiger partial charge in [-0.2, -0.15) is 0 Å². The zero-order valence-corrected chi connectivity index (χ0v) is 53.7. The van der Waals surface area contributed by atoms with E-state index in [0.717, 1.165) is 135 Å². The zero-order valence-electron chi connectivity index (χ0n) is 53.7. The van der Waals surface area contributed by atoms with E-state index < -0.39 is 6.10 Å². The number of carbonyl (C=O) groups excluding carboxylic acids is 3. The van der Waals surface area contributed by atoms with Crippen molar-refractivity contribution in [2.75, 3.05) is 13.2 Å². The van der Waals surface area contributed by atoms with Crippen molar-refractivity contribution in [2.45, 2.75) is 329 Å².